The zero-order valence-electron chi connectivity index (χ0n) is 11.9. The summed E-state index contributed by atoms with van der Waals surface area (Å²) >= 11 is 0. The standard InChI is InChI=1S/C14H29N3/c1-11(2)17-8-5-13(10-17)15-14-6-7-16(4)9-12(14)3/h11-15H,5-10H2,1-4H3. The first-order valence-electron chi connectivity index (χ1n) is 7.25. The van der Waals surface area contributed by atoms with E-state index >= 15 is 0 Å². The number of piperidine rings is 1. The van der Waals surface area contributed by atoms with Crippen molar-refractivity contribution < 1.29 is 0 Å². The van der Waals surface area contributed by atoms with Crippen molar-refractivity contribution in [1.29, 1.82) is 0 Å². The summed E-state index contributed by atoms with van der Waals surface area (Å²) in [6.07, 6.45) is 2.65. The molecule has 2 fully saturated rings. The normalized spacial score (nSPS) is 36.9. The third kappa shape index (κ3) is 3.43. The van der Waals surface area contributed by atoms with Crippen LogP contribution in [-0.4, -0.2) is 61.2 Å². The van der Waals surface area contributed by atoms with E-state index in [0.29, 0.717) is 6.04 Å². The third-order valence-corrected chi connectivity index (χ3v) is 4.51. The van der Waals surface area contributed by atoms with Gasteiger partial charge in [0.05, 0.1) is 0 Å². The topological polar surface area (TPSA) is 18.5 Å². The third-order valence-electron chi connectivity index (χ3n) is 4.51. The van der Waals surface area contributed by atoms with Crippen LogP contribution in [0.3, 0.4) is 0 Å². The Morgan fingerprint density at radius 3 is 2.47 bits per heavy atom. The lowest BCUT2D eigenvalue weighted by Gasteiger charge is -2.37. The fourth-order valence-electron chi connectivity index (χ4n) is 3.30. The van der Waals surface area contributed by atoms with E-state index in [1.807, 2.05) is 0 Å². The molecule has 0 aliphatic carbocycles. The minimum atomic E-state index is 0.705. The molecule has 0 aromatic heterocycles. The zero-order chi connectivity index (χ0) is 12.4. The Balaban J connectivity index is 1.78. The van der Waals surface area contributed by atoms with Crippen molar-refractivity contribution in [3.8, 4) is 0 Å². The summed E-state index contributed by atoms with van der Waals surface area (Å²) < 4.78 is 0. The summed E-state index contributed by atoms with van der Waals surface area (Å²) in [6, 6.07) is 2.17. The van der Waals surface area contributed by atoms with Gasteiger partial charge >= 0.3 is 0 Å². The molecule has 2 aliphatic rings. The molecule has 3 nitrogen and oxygen atoms in total. The maximum atomic E-state index is 3.90. The van der Waals surface area contributed by atoms with Gasteiger partial charge in [0.2, 0.25) is 0 Å². The quantitative estimate of drug-likeness (QED) is 0.803. The van der Waals surface area contributed by atoms with E-state index in [9.17, 15) is 0 Å². The smallest absolute Gasteiger partial charge is 0.0210 e. The molecule has 2 heterocycles. The second-order valence-electron chi connectivity index (χ2n) is 6.38. The molecule has 0 radical (unpaired) electrons. The molecule has 3 atom stereocenters. The Labute approximate surface area is 107 Å². The predicted molar refractivity (Wildman–Crippen MR) is 73.3 cm³/mol. The number of rotatable bonds is 3. The summed E-state index contributed by atoms with van der Waals surface area (Å²) in [7, 11) is 2.24. The molecule has 0 spiro atoms. The number of nitrogens with zero attached hydrogens (tertiary/aromatic N) is 2. The predicted octanol–water partition coefficient (Wildman–Crippen LogP) is 1.40. The van der Waals surface area contributed by atoms with Gasteiger partial charge in [-0.2, -0.15) is 0 Å². The molecule has 2 saturated heterocycles. The highest BCUT2D eigenvalue weighted by molar-refractivity contribution is 4.89. The molecule has 0 bridgehead atoms. The molecule has 0 aromatic rings. The van der Waals surface area contributed by atoms with Crippen molar-refractivity contribution in [3.05, 3.63) is 0 Å². The monoisotopic (exact) mass is 239 g/mol. The molecule has 2 rings (SSSR count). The molecule has 3 unspecified atom stereocenters. The van der Waals surface area contributed by atoms with E-state index in [0.717, 1.165) is 18.0 Å². The molecule has 0 saturated carbocycles. The SMILES string of the molecule is CC1CN(C)CCC1NC1CCN(C(C)C)C1. The summed E-state index contributed by atoms with van der Waals surface area (Å²) in [5.41, 5.74) is 0. The number of hydrogen-bond donors (Lipinski definition) is 1. The van der Waals surface area contributed by atoms with Crippen LogP contribution in [0.4, 0.5) is 0 Å². The first-order valence-corrected chi connectivity index (χ1v) is 7.25. The fraction of sp³-hybridized carbons (Fsp3) is 1.00. The molecule has 0 amide bonds. The zero-order valence-corrected chi connectivity index (χ0v) is 11.9. The molecule has 3 heteroatoms. The largest absolute Gasteiger partial charge is 0.310 e. The van der Waals surface area contributed by atoms with E-state index in [2.05, 4.69) is 42.9 Å². The van der Waals surface area contributed by atoms with E-state index < -0.39 is 0 Å². The summed E-state index contributed by atoms with van der Waals surface area (Å²) in [5, 5.41) is 3.90. The van der Waals surface area contributed by atoms with Crippen LogP contribution in [0.2, 0.25) is 0 Å². The van der Waals surface area contributed by atoms with Crippen molar-refractivity contribution in [2.75, 3.05) is 33.2 Å². The van der Waals surface area contributed by atoms with Crippen LogP contribution in [0.25, 0.3) is 0 Å². The van der Waals surface area contributed by atoms with E-state index in [-0.39, 0.29) is 0 Å². The maximum Gasteiger partial charge on any atom is 0.0210 e. The van der Waals surface area contributed by atoms with Gasteiger partial charge in [0.1, 0.15) is 0 Å². The second-order valence-corrected chi connectivity index (χ2v) is 6.38. The molecular formula is C14H29N3. The Hall–Kier alpha value is -0.120. The highest BCUT2D eigenvalue weighted by Crippen LogP contribution is 2.19. The molecule has 1 N–H and O–H groups in total. The van der Waals surface area contributed by atoms with Crippen molar-refractivity contribution in [1.82, 2.24) is 15.1 Å². The van der Waals surface area contributed by atoms with Crippen LogP contribution >= 0.6 is 0 Å². The van der Waals surface area contributed by atoms with Crippen molar-refractivity contribution in [2.45, 2.75) is 51.7 Å². The highest BCUT2D eigenvalue weighted by Gasteiger charge is 2.30. The summed E-state index contributed by atoms with van der Waals surface area (Å²) in [5.74, 6) is 0.793. The second kappa shape index (κ2) is 5.68. The summed E-state index contributed by atoms with van der Waals surface area (Å²) in [6.45, 7) is 12.0. The van der Waals surface area contributed by atoms with Crippen LogP contribution < -0.4 is 5.32 Å². The van der Waals surface area contributed by atoms with Crippen molar-refractivity contribution >= 4 is 0 Å². The van der Waals surface area contributed by atoms with Gasteiger partial charge in [-0.1, -0.05) is 6.92 Å². The van der Waals surface area contributed by atoms with E-state index in [4.69, 9.17) is 0 Å². The van der Waals surface area contributed by atoms with Gasteiger partial charge in [0, 0.05) is 31.2 Å². The molecule has 0 aromatic carbocycles. The fourth-order valence-corrected chi connectivity index (χ4v) is 3.30. The first-order chi connectivity index (χ1) is 8.06. The number of nitrogens with one attached hydrogen (secondary N) is 1. The summed E-state index contributed by atoms with van der Waals surface area (Å²) in [4.78, 5) is 5.05. The van der Waals surface area contributed by atoms with Crippen LogP contribution in [0, 0.1) is 5.92 Å². The van der Waals surface area contributed by atoms with Gasteiger partial charge in [0.15, 0.2) is 0 Å². The Morgan fingerprint density at radius 2 is 1.88 bits per heavy atom. The van der Waals surface area contributed by atoms with E-state index in [1.165, 1.54) is 39.0 Å². The molecule has 17 heavy (non-hydrogen) atoms. The Morgan fingerprint density at radius 1 is 1.12 bits per heavy atom. The highest BCUT2D eigenvalue weighted by atomic mass is 15.2. The van der Waals surface area contributed by atoms with Gasteiger partial charge in [-0.05, 0) is 52.7 Å². The lowest BCUT2D eigenvalue weighted by Crippen LogP contribution is -2.51. The first kappa shape index (κ1) is 13.3. The minimum Gasteiger partial charge on any atom is -0.310 e. The van der Waals surface area contributed by atoms with E-state index in [1.54, 1.807) is 0 Å². The average molecular weight is 239 g/mol. The van der Waals surface area contributed by atoms with Gasteiger partial charge in [0.25, 0.3) is 0 Å². The number of likely N-dealkylation sites (tertiary alicyclic amines) is 2. The molecule has 100 valence electrons. The Kier molecular flexibility index (Phi) is 4.45. The van der Waals surface area contributed by atoms with Crippen molar-refractivity contribution in [3.63, 3.8) is 0 Å². The van der Waals surface area contributed by atoms with Crippen LogP contribution in [0.15, 0.2) is 0 Å². The van der Waals surface area contributed by atoms with Gasteiger partial charge < -0.3 is 10.2 Å². The minimum absolute atomic E-state index is 0.705. The Bertz CT molecular complexity index is 242. The van der Waals surface area contributed by atoms with Gasteiger partial charge in [-0.25, -0.2) is 0 Å². The molecule has 2 aliphatic heterocycles. The average Bonchev–Trinajstić information content (AvgIpc) is 2.71. The van der Waals surface area contributed by atoms with Gasteiger partial charge in [-0.3, -0.25) is 4.90 Å². The lowest BCUT2D eigenvalue weighted by atomic mass is 9.93. The lowest BCUT2D eigenvalue weighted by molar-refractivity contribution is 0.164. The van der Waals surface area contributed by atoms with Crippen molar-refractivity contribution in [2.24, 2.45) is 5.92 Å². The molecular weight excluding hydrogens is 210 g/mol. The van der Waals surface area contributed by atoms with Crippen LogP contribution in [0.5, 0.6) is 0 Å². The number of hydrogen-bond acceptors (Lipinski definition) is 3. The van der Waals surface area contributed by atoms with Crippen LogP contribution in [0.1, 0.15) is 33.6 Å². The van der Waals surface area contributed by atoms with Gasteiger partial charge in [-0.15, -0.1) is 0 Å². The maximum absolute atomic E-state index is 3.90. The van der Waals surface area contributed by atoms with Crippen LogP contribution in [-0.2, 0) is 0 Å².